The van der Waals surface area contributed by atoms with Crippen molar-refractivity contribution in [1.29, 1.82) is 0 Å². The molecule has 3 aromatic carbocycles. The number of methoxy groups -OCH3 is 1. The average molecular weight is 437 g/mol. The summed E-state index contributed by atoms with van der Waals surface area (Å²) in [5.41, 5.74) is 4.14. The SMILES string of the molecule is COc1ccc(-c2cc(C(=O)Nc3cccc(NC(=O)C4CC4)c3)c3ccccc3n2)cc1. The quantitative estimate of drug-likeness (QED) is 0.417. The summed E-state index contributed by atoms with van der Waals surface area (Å²) in [6, 6.07) is 24.2. The summed E-state index contributed by atoms with van der Waals surface area (Å²) in [6.07, 6.45) is 1.88. The van der Waals surface area contributed by atoms with Gasteiger partial charge < -0.3 is 15.4 Å². The second-order valence-electron chi connectivity index (χ2n) is 8.10. The number of nitrogens with one attached hydrogen (secondary N) is 2. The van der Waals surface area contributed by atoms with Crippen LogP contribution in [0.3, 0.4) is 0 Å². The van der Waals surface area contributed by atoms with Gasteiger partial charge in [-0.3, -0.25) is 9.59 Å². The molecule has 0 spiro atoms. The Bertz CT molecular complexity index is 1340. The van der Waals surface area contributed by atoms with Crippen LogP contribution in [0.2, 0.25) is 0 Å². The highest BCUT2D eigenvalue weighted by molar-refractivity contribution is 6.13. The molecule has 0 aliphatic heterocycles. The third-order valence-corrected chi connectivity index (χ3v) is 5.68. The number of benzene rings is 3. The lowest BCUT2D eigenvalue weighted by atomic mass is 10.0. The normalized spacial score (nSPS) is 12.9. The molecule has 2 amide bonds. The molecule has 0 atom stereocenters. The van der Waals surface area contributed by atoms with Gasteiger partial charge in [0.15, 0.2) is 0 Å². The van der Waals surface area contributed by atoms with Gasteiger partial charge in [0.05, 0.1) is 23.9 Å². The molecule has 0 unspecified atom stereocenters. The summed E-state index contributed by atoms with van der Waals surface area (Å²) < 4.78 is 5.24. The number of ether oxygens (including phenoxy) is 1. The van der Waals surface area contributed by atoms with E-state index >= 15 is 0 Å². The van der Waals surface area contributed by atoms with Gasteiger partial charge in [0, 0.05) is 28.2 Å². The van der Waals surface area contributed by atoms with Crippen molar-refractivity contribution in [3.8, 4) is 17.0 Å². The van der Waals surface area contributed by atoms with Gasteiger partial charge in [0.2, 0.25) is 5.91 Å². The molecule has 1 aliphatic rings. The van der Waals surface area contributed by atoms with Crippen molar-refractivity contribution in [2.24, 2.45) is 5.92 Å². The van der Waals surface area contributed by atoms with Crippen molar-refractivity contribution in [2.45, 2.75) is 12.8 Å². The lowest BCUT2D eigenvalue weighted by Crippen LogP contribution is -2.15. The van der Waals surface area contributed by atoms with Gasteiger partial charge in [0.1, 0.15) is 5.75 Å². The molecule has 1 fully saturated rings. The Morgan fingerprint density at radius 3 is 2.33 bits per heavy atom. The first kappa shape index (κ1) is 20.7. The van der Waals surface area contributed by atoms with E-state index in [1.807, 2.05) is 60.7 Å². The van der Waals surface area contributed by atoms with Gasteiger partial charge >= 0.3 is 0 Å². The summed E-state index contributed by atoms with van der Waals surface area (Å²) in [5.74, 6) is 0.658. The van der Waals surface area contributed by atoms with Gasteiger partial charge in [-0.1, -0.05) is 24.3 Å². The molecule has 4 aromatic rings. The van der Waals surface area contributed by atoms with Crippen LogP contribution in [0.4, 0.5) is 11.4 Å². The third-order valence-electron chi connectivity index (χ3n) is 5.68. The standard InChI is InChI=1S/C27H23N3O3/c1-33-21-13-11-17(12-14-21)25-16-23(22-7-2-3-8-24(22)30-25)27(32)29-20-6-4-5-19(15-20)28-26(31)18-9-10-18/h2-8,11-16,18H,9-10H2,1H3,(H,28,31)(H,29,32). The molecule has 0 bridgehead atoms. The number of anilines is 2. The monoisotopic (exact) mass is 437 g/mol. The Balaban J connectivity index is 1.45. The number of aromatic nitrogens is 1. The minimum absolute atomic E-state index is 0.0303. The number of para-hydroxylation sites is 1. The topological polar surface area (TPSA) is 80.3 Å². The second kappa shape index (κ2) is 8.74. The number of carbonyl (C=O) groups is 2. The fourth-order valence-corrected chi connectivity index (χ4v) is 3.74. The minimum Gasteiger partial charge on any atom is -0.497 e. The van der Waals surface area contributed by atoms with Gasteiger partial charge in [-0.2, -0.15) is 0 Å². The van der Waals surface area contributed by atoms with Crippen LogP contribution >= 0.6 is 0 Å². The molecule has 5 rings (SSSR count). The van der Waals surface area contributed by atoms with E-state index in [9.17, 15) is 9.59 Å². The Labute approximate surface area is 191 Å². The highest BCUT2D eigenvalue weighted by Gasteiger charge is 2.29. The van der Waals surface area contributed by atoms with Crippen LogP contribution < -0.4 is 15.4 Å². The molecule has 0 saturated heterocycles. The van der Waals surface area contributed by atoms with E-state index in [0.717, 1.165) is 35.1 Å². The van der Waals surface area contributed by atoms with Crippen molar-refractivity contribution < 1.29 is 14.3 Å². The number of hydrogen-bond donors (Lipinski definition) is 2. The summed E-state index contributed by atoms with van der Waals surface area (Å²) in [4.78, 5) is 30.1. The number of hydrogen-bond acceptors (Lipinski definition) is 4. The Morgan fingerprint density at radius 1 is 0.879 bits per heavy atom. The molecular weight excluding hydrogens is 414 g/mol. The van der Waals surface area contributed by atoms with Crippen LogP contribution in [0.1, 0.15) is 23.2 Å². The smallest absolute Gasteiger partial charge is 0.256 e. The predicted octanol–water partition coefficient (Wildman–Crippen LogP) is 5.51. The largest absolute Gasteiger partial charge is 0.497 e. The van der Waals surface area contributed by atoms with E-state index in [2.05, 4.69) is 10.6 Å². The van der Waals surface area contributed by atoms with Gasteiger partial charge in [-0.05, 0) is 67.4 Å². The van der Waals surface area contributed by atoms with Crippen molar-refractivity contribution >= 4 is 34.1 Å². The number of nitrogens with zero attached hydrogens (tertiary/aromatic N) is 1. The molecule has 164 valence electrons. The zero-order valence-electron chi connectivity index (χ0n) is 18.2. The van der Waals surface area contributed by atoms with Crippen molar-refractivity contribution in [2.75, 3.05) is 17.7 Å². The van der Waals surface area contributed by atoms with Gasteiger partial charge in [-0.25, -0.2) is 4.98 Å². The zero-order chi connectivity index (χ0) is 22.8. The second-order valence-corrected chi connectivity index (χ2v) is 8.10. The first-order valence-electron chi connectivity index (χ1n) is 10.9. The molecule has 2 N–H and O–H groups in total. The molecule has 0 radical (unpaired) electrons. The third kappa shape index (κ3) is 4.55. The van der Waals surface area contributed by atoms with Crippen molar-refractivity contribution in [3.63, 3.8) is 0 Å². The summed E-state index contributed by atoms with van der Waals surface area (Å²) >= 11 is 0. The Kier molecular flexibility index (Phi) is 5.48. The van der Waals surface area contributed by atoms with Crippen LogP contribution in [0.5, 0.6) is 5.75 Å². The lowest BCUT2D eigenvalue weighted by molar-refractivity contribution is -0.117. The lowest BCUT2D eigenvalue weighted by Gasteiger charge is -2.12. The summed E-state index contributed by atoms with van der Waals surface area (Å²) in [6.45, 7) is 0. The number of rotatable bonds is 6. The van der Waals surface area contributed by atoms with E-state index in [1.165, 1.54) is 0 Å². The number of pyridine rings is 1. The van der Waals surface area contributed by atoms with Crippen LogP contribution in [0.25, 0.3) is 22.2 Å². The number of carbonyl (C=O) groups excluding carboxylic acids is 2. The van der Waals surface area contributed by atoms with E-state index in [-0.39, 0.29) is 17.7 Å². The van der Waals surface area contributed by atoms with Crippen LogP contribution in [0.15, 0.2) is 78.9 Å². The van der Waals surface area contributed by atoms with E-state index in [1.54, 1.807) is 25.3 Å². The highest BCUT2D eigenvalue weighted by atomic mass is 16.5. The molecule has 6 nitrogen and oxygen atoms in total. The Morgan fingerprint density at radius 2 is 1.61 bits per heavy atom. The average Bonchev–Trinajstić information content (AvgIpc) is 3.69. The first-order chi connectivity index (χ1) is 16.1. The minimum atomic E-state index is -0.242. The van der Waals surface area contributed by atoms with E-state index in [4.69, 9.17) is 9.72 Å². The molecule has 1 saturated carbocycles. The molecular formula is C27H23N3O3. The zero-order valence-corrected chi connectivity index (χ0v) is 18.2. The fraction of sp³-hybridized carbons (Fsp3) is 0.148. The fourth-order valence-electron chi connectivity index (χ4n) is 3.74. The van der Waals surface area contributed by atoms with Crippen LogP contribution in [-0.2, 0) is 4.79 Å². The van der Waals surface area contributed by atoms with Crippen LogP contribution in [0, 0.1) is 5.92 Å². The van der Waals surface area contributed by atoms with Gasteiger partial charge in [0.25, 0.3) is 5.91 Å². The number of amides is 2. The van der Waals surface area contributed by atoms with Crippen molar-refractivity contribution in [1.82, 2.24) is 4.98 Å². The summed E-state index contributed by atoms with van der Waals surface area (Å²) in [7, 11) is 1.62. The van der Waals surface area contributed by atoms with Gasteiger partial charge in [-0.15, -0.1) is 0 Å². The molecule has 1 heterocycles. The van der Waals surface area contributed by atoms with Crippen LogP contribution in [-0.4, -0.2) is 23.9 Å². The molecule has 1 aliphatic carbocycles. The maximum Gasteiger partial charge on any atom is 0.256 e. The maximum atomic E-state index is 13.3. The number of fused-ring (bicyclic) bond motifs is 1. The van der Waals surface area contributed by atoms with E-state index in [0.29, 0.717) is 22.6 Å². The highest BCUT2D eigenvalue weighted by Crippen LogP contribution is 2.31. The molecule has 1 aromatic heterocycles. The molecule has 6 heteroatoms. The maximum absolute atomic E-state index is 13.3. The molecule has 33 heavy (non-hydrogen) atoms. The predicted molar refractivity (Wildman–Crippen MR) is 129 cm³/mol. The van der Waals surface area contributed by atoms with Crippen molar-refractivity contribution in [3.05, 3.63) is 84.4 Å². The summed E-state index contributed by atoms with van der Waals surface area (Å²) in [5, 5.41) is 6.65. The van der Waals surface area contributed by atoms with E-state index < -0.39 is 0 Å². The Hall–Kier alpha value is -4.19. The first-order valence-corrected chi connectivity index (χ1v) is 10.9.